The summed E-state index contributed by atoms with van der Waals surface area (Å²) < 4.78 is 26.6. The molecule has 102 valence electrons. The number of nitrogen functional groups attached to an aromatic ring is 1. The number of nitrogens with zero attached hydrogens (tertiary/aromatic N) is 1. The van der Waals surface area contributed by atoms with Crippen LogP contribution in [0.1, 0.15) is 27.7 Å². The summed E-state index contributed by atoms with van der Waals surface area (Å²) in [5, 5.41) is -0.105. The maximum Gasteiger partial charge on any atom is 0.260 e. The molecule has 0 radical (unpaired) electrons. The van der Waals surface area contributed by atoms with Gasteiger partial charge in [0.05, 0.1) is 5.69 Å². The zero-order valence-electron chi connectivity index (χ0n) is 11.3. The smallest absolute Gasteiger partial charge is 0.260 e. The van der Waals surface area contributed by atoms with Crippen molar-refractivity contribution < 1.29 is 8.42 Å². The van der Waals surface area contributed by atoms with E-state index in [1.54, 1.807) is 6.07 Å². The van der Waals surface area contributed by atoms with Gasteiger partial charge in [-0.2, -0.15) is 0 Å². The lowest BCUT2D eigenvalue weighted by Crippen LogP contribution is -2.34. The van der Waals surface area contributed by atoms with Gasteiger partial charge in [0, 0.05) is 12.7 Å². The molecule has 1 unspecified atom stereocenters. The molecule has 0 aliphatic heterocycles. The molecule has 1 rings (SSSR count). The van der Waals surface area contributed by atoms with E-state index in [-0.39, 0.29) is 22.0 Å². The zero-order chi connectivity index (χ0) is 14.0. The van der Waals surface area contributed by atoms with E-state index in [4.69, 9.17) is 5.73 Å². The molecule has 3 N–H and O–H groups in total. The highest BCUT2D eigenvalue weighted by Crippen LogP contribution is 2.25. The van der Waals surface area contributed by atoms with Gasteiger partial charge in [-0.3, -0.25) is 0 Å². The molecule has 0 bridgehead atoms. The van der Waals surface area contributed by atoms with Gasteiger partial charge < -0.3 is 5.73 Å². The van der Waals surface area contributed by atoms with Gasteiger partial charge in [0.15, 0.2) is 5.03 Å². The van der Waals surface area contributed by atoms with Crippen molar-refractivity contribution in [2.75, 3.05) is 12.3 Å². The highest BCUT2D eigenvalue weighted by molar-refractivity contribution is 7.89. The van der Waals surface area contributed by atoms with Gasteiger partial charge in [0.25, 0.3) is 10.0 Å². The second-order valence-corrected chi connectivity index (χ2v) is 7.20. The minimum atomic E-state index is -3.63. The Bertz CT molecular complexity index is 506. The van der Waals surface area contributed by atoms with Crippen LogP contribution in [-0.4, -0.2) is 19.9 Å². The lowest BCUT2D eigenvalue weighted by molar-refractivity contribution is 0.263. The number of rotatable bonds is 4. The van der Waals surface area contributed by atoms with Crippen LogP contribution in [0.4, 0.5) is 5.69 Å². The maximum absolute atomic E-state index is 12.0. The molecular weight excluding hydrogens is 250 g/mol. The summed E-state index contributed by atoms with van der Waals surface area (Å²) in [6.45, 7) is 8.58. The first-order chi connectivity index (χ1) is 8.14. The molecule has 1 aromatic heterocycles. The van der Waals surface area contributed by atoms with Crippen LogP contribution in [0.2, 0.25) is 0 Å². The number of hydrogen-bond donors (Lipinski definition) is 2. The van der Waals surface area contributed by atoms with Crippen molar-refractivity contribution in [2.45, 2.75) is 32.7 Å². The van der Waals surface area contributed by atoms with Crippen LogP contribution in [0.5, 0.6) is 0 Å². The third kappa shape index (κ3) is 3.68. The van der Waals surface area contributed by atoms with Gasteiger partial charge in [-0.25, -0.2) is 18.1 Å². The lowest BCUT2D eigenvalue weighted by atomic mass is 9.82. The van der Waals surface area contributed by atoms with Crippen LogP contribution < -0.4 is 10.5 Å². The molecule has 1 heterocycles. The van der Waals surface area contributed by atoms with Crippen molar-refractivity contribution in [2.24, 2.45) is 11.3 Å². The van der Waals surface area contributed by atoms with Gasteiger partial charge in [-0.1, -0.05) is 27.7 Å². The van der Waals surface area contributed by atoms with Crippen molar-refractivity contribution in [1.29, 1.82) is 0 Å². The Morgan fingerprint density at radius 3 is 2.56 bits per heavy atom. The molecular formula is C12H21N3O2S. The molecule has 1 aromatic rings. The highest BCUT2D eigenvalue weighted by atomic mass is 32.2. The SMILES string of the molecule is CC(CNS(=O)(=O)c1ncccc1N)C(C)(C)C. The van der Waals surface area contributed by atoms with E-state index in [9.17, 15) is 8.42 Å². The Balaban J connectivity index is 2.82. The van der Waals surface area contributed by atoms with Gasteiger partial charge in [0.2, 0.25) is 0 Å². The van der Waals surface area contributed by atoms with E-state index >= 15 is 0 Å². The summed E-state index contributed by atoms with van der Waals surface area (Å²) in [6, 6.07) is 3.13. The molecule has 0 amide bonds. The number of nitrogens with one attached hydrogen (secondary N) is 1. The number of hydrogen-bond acceptors (Lipinski definition) is 4. The molecule has 0 saturated heterocycles. The first kappa shape index (κ1) is 14.9. The average Bonchev–Trinajstić information content (AvgIpc) is 2.25. The maximum atomic E-state index is 12.0. The third-order valence-corrected chi connectivity index (χ3v) is 4.51. The summed E-state index contributed by atoms with van der Waals surface area (Å²) in [5.41, 5.74) is 5.82. The summed E-state index contributed by atoms with van der Waals surface area (Å²) in [5.74, 6) is 0.206. The van der Waals surface area contributed by atoms with Crippen molar-refractivity contribution in [3.05, 3.63) is 18.3 Å². The van der Waals surface area contributed by atoms with E-state index < -0.39 is 10.0 Å². The first-order valence-corrected chi connectivity index (χ1v) is 7.33. The largest absolute Gasteiger partial charge is 0.396 e. The van der Waals surface area contributed by atoms with E-state index in [1.165, 1.54) is 12.3 Å². The number of nitrogens with two attached hydrogens (primary N) is 1. The topological polar surface area (TPSA) is 85.1 Å². The molecule has 0 saturated carbocycles. The fourth-order valence-corrected chi connectivity index (χ4v) is 2.42. The Labute approximate surface area is 109 Å². The summed E-state index contributed by atoms with van der Waals surface area (Å²) in [6.07, 6.45) is 1.41. The predicted molar refractivity (Wildman–Crippen MR) is 72.5 cm³/mol. The fourth-order valence-electron chi connectivity index (χ4n) is 1.24. The summed E-state index contributed by atoms with van der Waals surface area (Å²) >= 11 is 0. The van der Waals surface area contributed by atoms with Crippen LogP contribution in [0.15, 0.2) is 23.4 Å². The molecule has 6 heteroatoms. The highest BCUT2D eigenvalue weighted by Gasteiger charge is 2.24. The van der Waals surface area contributed by atoms with Gasteiger partial charge in [0.1, 0.15) is 0 Å². The number of sulfonamides is 1. The minimum absolute atomic E-state index is 0.0399. The Hall–Kier alpha value is -1.14. The number of anilines is 1. The molecule has 0 spiro atoms. The third-order valence-electron chi connectivity index (χ3n) is 3.11. The Kier molecular flexibility index (Phi) is 4.34. The van der Waals surface area contributed by atoms with Crippen LogP contribution >= 0.6 is 0 Å². The normalized spacial score (nSPS) is 14.4. The van der Waals surface area contributed by atoms with Crippen LogP contribution in [0.25, 0.3) is 0 Å². The monoisotopic (exact) mass is 271 g/mol. The van der Waals surface area contributed by atoms with Gasteiger partial charge in [-0.15, -0.1) is 0 Å². The molecule has 1 atom stereocenters. The van der Waals surface area contributed by atoms with Crippen molar-refractivity contribution >= 4 is 15.7 Å². The van der Waals surface area contributed by atoms with Crippen molar-refractivity contribution in [3.8, 4) is 0 Å². The quantitative estimate of drug-likeness (QED) is 0.871. The number of pyridine rings is 1. The second-order valence-electron chi connectivity index (χ2n) is 5.52. The number of aromatic nitrogens is 1. The van der Waals surface area contributed by atoms with Crippen LogP contribution in [0, 0.1) is 11.3 Å². The van der Waals surface area contributed by atoms with Crippen molar-refractivity contribution in [3.63, 3.8) is 0 Å². The molecule has 0 aliphatic rings. The zero-order valence-corrected chi connectivity index (χ0v) is 12.1. The predicted octanol–water partition coefficient (Wildman–Crippen LogP) is 1.62. The standard InChI is InChI=1S/C12H21N3O2S/c1-9(12(2,3)4)8-15-18(16,17)11-10(13)6-5-7-14-11/h5-7,9,15H,8,13H2,1-4H3. The van der Waals surface area contributed by atoms with Crippen molar-refractivity contribution in [1.82, 2.24) is 9.71 Å². The summed E-state index contributed by atoms with van der Waals surface area (Å²) in [4.78, 5) is 3.81. The van der Waals surface area contributed by atoms with E-state index in [1.807, 2.05) is 6.92 Å². The van der Waals surface area contributed by atoms with Crippen LogP contribution in [0.3, 0.4) is 0 Å². The van der Waals surface area contributed by atoms with E-state index in [0.717, 1.165) is 0 Å². The average molecular weight is 271 g/mol. The van der Waals surface area contributed by atoms with E-state index in [0.29, 0.717) is 6.54 Å². The lowest BCUT2D eigenvalue weighted by Gasteiger charge is -2.27. The fraction of sp³-hybridized carbons (Fsp3) is 0.583. The van der Waals surface area contributed by atoms with Gasteiger partial charge >= 0.3 is 0 Å². The summed E-state index contributed by atoms with van der Waals surface area (Å²) in [7, 11) is -3.63. The second kappa shape index (κ2) is 5.24. The molecule has 0 aliphatic carbocycles. The van der Waals surface area contributed by atoms with E-state index in [2.05, 4.69) is 30.5 Å². The van der Waals surface area contributed by atoms with Gasteiger partial charge in [-0.05, 0) is 23.5 Å². The molecule has 0 aromatic carbocycles. The molecule has 18 heavy (non-hydrogen) atoms. The molecule has 5 nitrogen and oxygen atoms in total. The van der Waals surface area contributed by atoms with Crippen LogP contribution in [-0.2, 0) is 10.0 Å². The Morgan fingerprint density at radius 1 is 1.44 bits per heavy atom. The minimum Gasteiger partial charge on any atom is -0.396 e. The first-order valence-electron chi connectivity index (χ1n) is 5.85. The molecule has 0 fully saturated rings. The Morgan fingerprint density at radius 2 is 2.06 bits per heavy atom.